The van der Waals surface area contributed by atoms with Gasteiger partial charge in [-0.2, -0.15) is 0 Å². The number of halogens is 2. The molecular formula is C21H14BrFN2O4. The molecule has 5 rings (SSSR count). The molecule has 2 aliphatic carbocycles. The zero-order valence-corrected chi connectivity index (χ0v) is 16.5. The largest absolute Gasteiger partial charge is 0.508 e. The fourth-order valence-corrected chi connectivity index (χ4v) is 4.55. The number of amides is 1. The Morgan fingerprint density at radius 3 is 2.69 bits per heavy atom. The smallest absolute Gasteiger partial charge is 0.295 e. The fraction of sp³-hybridized carbons (Fsp3) is 0.190. The summed E-state index contributed by atoms with van der Waals surface area (Å²) in [5.74, 6) is -1.28. The number of benzene rings is 2. The number of anilines is 1. The normalized spacial score (nSPS) is 24.2. The molecule has 0 bridgehead atoms. The van der Waals surface area contributed by atoms with Crippen LogP contribution >= 0.6 is 15.9 Å². The van der Waals surface area contributed by atoms with Gasteiger partial charge in [0.1, 0.15) is 17.3 Å². The van der Waals surface area contributed by atoms with Crippen LogP contribution in [0.5, 0.6) is 5.75 Å². The highest BCUT2D eigenvalue weighted by atomic mass is 79.9. The van der Waals surface area contributed by atoms with E-state index in [4.69, 9.17) is 0 Å². The van der Waals surface area contributed by atoms with E-state index in [2.05, 4.69) is 15.9 Å². The first-order valence-electron chi connectivity index (χ1n) is 9.05. The van der Waals surface area contributed by atoms with Crippen molar-refractivity contribution in [1.82, 2.24) is 0 Å². The molecular weight excluding hydrogens is 443 g/mol. The molecule has 6 nitrogen and oxygen atoms in total. The number of aromatic hydroxyl groups is 1. The maximum atomic E-state index is 14.0. The van der Waals surface area contributed by atoms with E-state index >= 15 is 0 Å². The molecule has 3 atom stereocenters. The molecule has 3 aliphatic rings. The number of fused-ring (bicyclic) bond motifs is 1. The Morgan fingerprint density at radius 2 is 2.03 bits per heavy atom. The van der Waals surface area contributed by atoms with Crippen molar-refractivity contribution >= 4 is 38.8 Å². The van der Waals surface area contributed by atoms with Crippen LogP contribution in [0.25, 0.3) is 5.57 Å². The van der Waals surface area contributed by atoms with Crippen molar-refractivity contribution < 1.29 is 19.2 Å². The van der Waals surface area contributed by atoms with Gasteiger partial charge in [-0.05, 0) is 57.6 Å². The average Bonchev–Trinajstić information content (AvgIpc) is 3.36. The summed E-state index contributed by atoms with van der Waals surface area (Å²) in [7, 11) is 0. The number of nitro benzene ring substituents is 1. The summed E-state index contributed by atoms with van der Waals surface area (Å²) >= 11 is 3.06. The number of allylic oxidation sites excluding steroid dienone is 4. The number of phenols is 1. The summed E-state index contributed by atoms with van der Waals surface area (Å²) < 4.78 is 14.0. The molecule has 1 heterocycles. The standard InChI is InChI=1S/C21H14BrFN2O4/c22-15-8-17(18(25(28)29)9-16(15)23)24-20(12-7-13(12)21(24)27)14-6-11(4-5-19(14)26)10-2-1-3-10/h1-6,8-9,12-13,20,26H,7H2/t12-,13+,20+/m0/s1. The van der Waals surface area contributed by atoms with Crippen LogP contribution in [-0.2, 0) is 4.79 Å². The van der Waals surface area contributed by atoms with Gasteiger partial charge in [0.15, 0.2) is 0 Å². The van der Waals surface area contributed by atoms with Crippen molar-refractivity contribution in [1.29, 1.82) is 0 Å². The van der Waals surface area contributed by atoms with Gasteiger partial charge in [-0.1, -0.05) is 24.3 Å². The molecule has 0 unspecified atom stereocenters. The Kier molecular flexibility index (Phi) is 3.89. The lowest BCUT2D eigenvalue weighted by atomic mass is 9.93. The Hall–Kier alpha value is -3.00. The molecule has 0 aromatic heterocycles. The highest BCUT2D eigenvalue weighted by molar-refractivity contribution is 9.10. The molecule has 0 radical (unpaired) electrons. The minimum Gasteiger partial charge on any atom is -0.508 e. The maximum absolute atomic E-state index is 14.0. The van der Waals surface area contributed by atoms with Crippen molar-refractivity contribution in [3.63, 3.8) is 0 Å². The summed E-state index contributed by atoms with van der Waals surface area (Å²) in [5, 5.41) is 22.1. The molecule has 146 valence electrons. The quantitative estimate of drug-likeness (QED) is 0.524. The van der Waals surface area contributed by atoms with Crippen LogP contribution < -0.4 is 4.90 Å². The number of carbonyl (C=O) groups is 1. The van der Waals surface area contributed by atoms with Gasteiger partial charge in [0.2, 0.25) is 5.91 Å². The van der Waals surface area contributed by atoms with Gasteiger partial charge < -0.3 is 5.11 Å². The number of hydrogen-bond acceptors (Lipinski definition) is 4. The van der Waals surface area contributed by atoms with Crippen LogP contribution in [0.4, 0.5) is 15.8 Å². The van der Waals surface area contributed by atoms with Gasteiger partial charge in [0.25, 0.3) is 5.69 Å². The molecule has 1 N–H and O–H groups in total. The first-order valence-corrected chi connectivity index (χ1v) is 9.84. The predicted molar refractivity (Wildman–Crippen MR) is 108 cm³/mol. The SMILES string of the molecule is O=C1[C@@H]2C[C@@H]2[C@H](c2cc(C3=CC=C3)ccc2O)N1c1cc(Br)c(F)cc1[N+](=O)[O-]. The third-order valence-corrected chi connectivity index (χ3v) is 6.39. The van der Waals surface area contributed by atoms with Crippen molar-refractivity contribution in [3.05, 3.63) is 80.1 Å². The van der Waals surface area contributed by atoms with Gasteiger partial charge in [0, 0.05) is 11.5 Å². The first-order chi connectivity index (χ1) is 13.9. The van der Waals surface area contributed by atoms with Crippen molar-refractivity contribution in [3.8, 4) is 5.75 Å². The van der Waals surface area contributed by atoms with E-state index in [-0.39, 0.29) is 33.7 Å². The molecule has 8 heteroatoms. The Bertz CT molecular complexity index is 1160. The molecule has 1 saturated heterocycles. The number of hydrogen-bond donors (Lipinski definition) is 1. The Morgan fingerprint density at radius 1 is 1.28 bits per heavy atom. The molecule has 2 aromatic rings. The van der Waals surface area contributed by atoms with E-state index in [0.29, 0.717) is 12.0 Å². The fourth-order valence-electron chi connectivity index (χ4n) is 4.21. The van der Waals surface area contributed by atoms with Crippen LogP contribution in [0.15, 0.2) is 53.0 Å². The number of carbonyl (C=O) groups excluding carboxylic acids is 1. The number of nitrogens with zero attached hydrogens (tertiary/aromatic N) is 2. The predicted octanol–water partition coefficient (Wildman–Crippen LogP) is 4.88. The van der Waals surface area contributed by atoms with Gasteiger partial charge in [-0.15, -0.1) is 0 Å². The number of nitro groups is 1. The van der Waals surface area contributed by atoms with Crippen LogP contribution in [0.1, 0.15) is 23.6 Å². The Labute approximate surface area is 173 Å². The highest BCUT2D eigenvalue weighted by Gasteiger charge is 2.60. The molecule has 2 aromatic carbocycles. The molecule has 1 amide bonds. The van der Waals surface area contributed by atoms with Crippen LogP contribution in [0.3, 0.4) is 0 Å². The molecule has 29 heavy (non-hydrogen) atoms. The van der Waals surface area contributed by atoms with Crippen LogP contribution in [0.2, 0.25) is 0 Å². The lowest BCUT2D eigenvalue weighted by Gasteiger charge is -2.29. The van der Waals surface area contributed by atoms with E-state index in [0.717, 1.165) is 17.2 Å². The third kappa shape index (κ3) is 2.70. The van der Waals surface area contributed by atoms with Gasteiger partial charge in [-0.25, -0.2) is 4.39 Å². The van der Waals surface area contributed by atoms with Crippen LogP contribution in [-0.4, -0.2) is 15.9 Å². The van der Waals surface area contributed by atoms with E-state index in [1.165, 1.54) is 11.0 Å². The number of rotatable bonds is 4. The van der Waals surface area contributed by atoms with Gasteiger partial charge in [-0.3, -0.25) is 19.8 Å². The second-order valence-electron chi connectivity index (χ2n) is 7.43. The van der Waals surface area contributed by atoms with E-state index < -0.39 is 22.5 Å². The van der Waals surface area contributed by atoms with E-state index in [9.17, 15) is 24.4 Å². The molecule has 1 aliphatic heterocycles. The van der Waals surface area contributed by atoms with Gasteiger partial charge >= 0.3 is 0 Å². The second-order valence-corrected chi connectivity index (χ2v) is 8.28. The third-order valence-electron chi connectivity index (χ3n) is 5.78. The lowest BCUT2D eigenvalue weighted by Crippen LogP contribution is -2.32. The second kappa shape index (κ2) is 6.25. The average molecular weight is 457 g/mol. The summed E-state index contributed by atoms with van der Waals surface area (Å²) in [5.41, 5.74) is 1.98. The van der Waals surface area contributed by atoms with E-state index in [1.807, 2.05) is 24.3 Å². The van der Waals surface area contributed by atoms with E-state index in [1.54, 1.807) is 12.1 Å². The minimum atomic E-state index is -0.776. The van der Waals surface area contributed by atoms with Crippen molar-refractivity contribution in [2.75, 3.05) is 4.90 Å². The lowest BCUT2D eigenvalue weighted by molar-refractivity contribution is -0.384. The van der Waals surface area contributed by atoms with Gasteiger partial charge in [0.05, 0.1) is 21.5 Å². The molecule has 0 spiro atoms. The number of piperidine rings is 1. The highest BCUT2D eigenvalue weighted by Crippen LogP contribution is 2.60. The monoisotopic (exact) mass is 456 g/mol. The maximum Gasteiger partial charge on any atom is 0.295 e. The summed E-state index contributed by atoms with van der Waals surface area (Å²) in [6.07, 6.45) is 6.46. The topological polar surface area (TPSA) is 83.7 Å². The minimum absolute atomic E-state index is 0.0248. The first kappa shape index (κ1) is 18.1. The molecule has 1 saturated carbocycles. The Balaban J connectivity index is 1.66. The summed E-state index contributed by atoms with van der Waals surface area (Å²) in [6.45, 7) is 0. The zero-order valence-electron chi connectivity index (χ0n) is 14.9. The zero-order chi connectivity index (χ0) is 20.4. The summed E-state index contributed by atoms with van der Waals surface area (Å²) in [4.78, 5) is 25.2. The molecule has 2 fully saturated rings. The van der Waals surface area contributed by atoms with Crippen molar-refractivity contribution in [2.24, 2.45) is 11.8 Å². The van der Waals surface area contributed by atoms with Crippen molar-refractivity contribution in [2.45, 2.75) is 12.5 Å². The number of phenolic OH excluding ortho intramolecular Hbond substituents is 1. The van der Waals surface area contributed by atoms with Crippen LogP contribution in [0, 0.1) is 27.8 Å². The summed E-state index contributed by atoms with van der Waals surface area (Å²) in [6, 6.07) is 6.71.